The molecule has 4 rings (SSSR count). The lowest BCUT2D eigenvalue weighted by atomic mass is 9.75. The van der Waals surface area contributed by atoms with Crippen LogP contribution in [0.3, 0.4) is 0 Å². The molecule has 0 spiro atoms. The number of carbonyl (C=O) groups excluding carboxylic acids is 1. The van der Waals surface area contributed by atoms with Crippen molar-refractivity contribution in [2.45, 2.75) is 49.9 Å². The Morgan fingerprint density at radius 3 is 1.88 bits per heavy atom. The predicted molar refractivity (Wildman–Crippen MR) is 134 cm³/mol. The van der Waals surface area contributed by atoms with Crippen LogP contribution in [-0.2, 0) is 18.8 Å². The maximum atomic E-state index is 12.0. The Morgan fingerprint density at radius 2 is 1.39 bits per heavy atom. The summed E-state index contributed by atoms with van der Waals surface area (Å²) in [6, 6.07) is 28.6. The lowest BCUT2D eigenvalue weighted by Gasteiger charge is -2.35. The number of rotatable bonds is 6. The first kappa shape index (κ1) is 23.6. The molecule has 0 amide bonds. The van der Waals surface area contributed by atoms with E-state index in [9.17, 15) is 4.79 Å². The standard InChI is InChI=1S/C27H29BO4S/c1-27(2,3)30-26(29)19-33-23-16-14-22(15-17-23)28-31-24(20-10-6-4-7-11-20)18-25(32-28)21-12-8-5-9-13-21/h4-17,24-25H,18-19H2,1-3H3. The van der Waals surface area contributed by atoms with E-state index in [1.807, 2.05) is 81.4 Å². The van der Waals surface area contributed by atoms with E-state index in [1.54, 1.807) is 0 Å². The Hall–Kier alpha value is -2.54. The van der Waals surface area contributed by atoms with Crippen LogP contribution in [0.1, 0.15) is 50.5 Å². The molecule has 0 aliphatic carbocycles. The summed E-state index contributed by atoms with van der Waals surface area (Å²) in [6.45, 7) is 5.62. The van der Waals surface area contributed by atoms with E-state index in [1.165, 1.54) is 11.8 Å². The van der Waals surface area contributed by atoms with Crippen molar-refractivity contribution in [3.05, 3.63) is 96.1 Å². The van der Waals surface area contributed by atoms with Crippen LogP contribution < -0.4 is 5.46 Å². The highest BCUT2D eigenvalue weighted by Crippen LogP contribution is 2.37. The zero-order valence-electron chi connectivity index (χ0n) is 19.3. The van der Waals surface area contributed by atoms with E-state index in [2.05, 4.69) is 24.3 Å². The normalized spacial score (nSPS) is 18.7. The Balaban J connectivity index is 1.47. The average molecular weight is 460 g/mol. The van der Waals surface area contributed by atoms with Gasteiger partial charge in [-0.3, -0.25) is 4.79 Å². The smallest absolute Gasteiger partial charge is 0.459 e. The maximum absolute atomic E-state index is 12.0. The van der Waals surface area contributed by atoms with E-state index < -0.39 is 12.7 Å². The molecule has 170 valence electrons. The number of ether oxygens (including phenoxy) is 1. The highest BCUT2D eigenvalue weighted by atomic mass is 32.2. The molecule has 0 aromatic heterocycles. The molecule has 1 aliphatic rings. The highest BCUT2D eigenvalue weighted by Gasteiger charge is 2.36. The highest BCUT2D eigenvalue weighted by molar-refractivity contribution is 8.00. The van der Waals surface area contributed by atoms with Crippen LogP contribution in [0, 0.1) is 0 Å². The van der Waals surface area contributed by atoms with Crippen molar-refractivity contribution in [3.63, 3.8) is 0 Å². The van der Waals surface area contributed by atoms with E-state index >= 15 is 0 Å². The van der Waals surface area contributed by atoms with E-state index in [4.69, 9.17) is 14.0 Å². The molecular weight excluding hydrogens is 431 g/mol. The molecule has 33 heavy (non-hydrogen) atoms. The third-order valence-corrected chi connectivity index (χ3v) is 6.26. The van der Waals surface area contributed by atoms with Crippen molar-refractivity contribution < 1.29 is 18.8 Å². The maximum Gasteiger partial charge on any atom is 0.494 e. The van der Waals surface area contributed by atoms with E-state index in [0.29, 0.717) is 0 Å². The van der Waals surface area contributed by atoms with Crippen LogP contribution in [0.15, 0.2) is 89.8 Å². The topological polar surface area (TPSA) is 44.8 Å². The Kier molecular flexibility index (Phi) is 7.58. The first-order valence-electron chi connectivity index (χ1n) is 11.2. The second-order valence-electron chi connectivity index (χ2n) is 9.08. The number of benzene rings is 3. The summed E-state index contributed by atoms with van der Waals surface area (Å²) in [5.41, 5.74) is 2.78. The van der Waals surface area contributed by atoms with Crippen molar-refractivity contribution in [2.75, 3.05) is 5.75 Å². The van der Waals surface area contributed by atoms with Crippen molar-refractivity contribution in [3.8, 4) is 0 Å². The fraction of sp³-hybridized carbons (Fsp3) is 0.296. The summed E-state index contributed by atoms with van der Waals surface area (Å²) in [5, 5.41) is 0. The SMILES string of the molecule is CC(C)(C)OC(=O)CSc1ccc(B2OC(c3ccccc3)CC(c3ccccc3)O2)cc1. The quantitative estimate of drug-likeness (QED) is 0.267. The van der Waals surface area contributed by atoms with Crippen LogP contribution in [0.2, 0.25) is 0 Å². The molecule has 0 saturated carbocycles. The van der Waals surface area contributed by atoms with Gasteiger partial charge in [-0.2, -0.15) is 0 Å². The van der Waals surface area contributed by atoms with Crippen LogP contribution in [0.5, 0.6) is 0 Å². The minimum atomic E-state index is -0.473. The Bertz CT molecular complexity index is 988. The van der Waals surface area contributed by atoms with Gasteiger partial charge in [0.15, 0.2) is 0 Å². The van der Waals surface area contributed by atoms with Crippen molar-refractivity contribution in [2.24, 2.45) is 0 Å². The zero-order valence-corrected chi connectivity index (χ0v) is 20.1. The van der Waals surface area contributed by atoms with Gasteiger partial charge in [0.25, 0.3) is 0 Å². The fourth-order valence-electron chi connectivity index (χ4n) is 3.79. The van der Waals surface area contributed by atoms with Gasteiger partial charge in [-0.05, 0) is 49.5 Å². The number of esters is 1. The number of thioether (sulfide) groups is 1. The molecule has 0 radical (unpaired) electrons. The molecule has 1 heterocycles. The summed E-state index contributed by atoms with van der Waals surface area (Å²) in [5.74, 6) is 0.0612. The summed E-state index contributed by atoms with van der Waals surface area (Å²) in [7, 11) is -0.473. The van der Waals surface area contributed by atoms with Crippen LogP contribution in [-0.4, -0.2) is 24.4 Å². The van der Waals surface area contributed by atoms with Gasteiger partial charge in [0.1, 0.15) is 5.60 Å². The summed E-state index contributed by atoms with van der Waals surface area (Å²) in [6.07, 6.45) is 0.640. The van der Waals surface area contributed by atoms with Crippen molar-refractivity contribution in [1.82, 2.24) is 0 Å². The van der Waals surface area contributed by atoms with Gasteiger partial charge in [-0.1, -0.05) is 72.8 Å². The molecule has 1 aliphatic heterocycles. The largest absolute Gasteiger partial charge is 0.494 e. The van der Waals surface area contributed by atoms with Gasteiger partial charge >= 0.3 is 13.1 Å². The van der Waals surface area contributed by atoms with Crippen LogP contribution in [0.25, 0.3) is 0 Å². The minimum Gasteiger partial charge on any atom is -0.459 e. The lowest BCUT2D eigenvalue weighted by molar-refractivity contribution is -0.151. The molecule has 0 N–H and O–H groups in total. The number of hydrogen-bond donors (Lipinski definition) is 0. The predicted octanol–water partition coefficient (Wildman–Crippen LogP) is 5.74. The Labute approximate surface area is 200 Å². The van der Waals surface area contributed by atoms with Gasteiger partial charge in [0.05, 0.1) is 18.0 Å². The third kappa shape index (κ3) is 6.73. The lowest BCUT2D eigenvalue weighted by Crippen LogP contribution is -2.43. The molecule has 1 saturated heterocycles. The second kappa shape index (κ2) is 10.6. The summed E-state index contributed by atoms with van der Waals surface area (Å²) >= 11 is 1.46. The zero-order chi connectivity index (χ0) is 23.3. The van der Waals surface area contributed by atoms with Gasteiger partial charge < -0.3 is 14.0 Å². The monoisotopic (exact) mass is 460 g/mol. The molecule has 0 bridgehead atoms. The molecule has 1 fully saturated rings. The second-order valence-corrected chi connectivity index (χ2v) is 10.1. The van der Waals surface area contributed by atoms with Crippen molar-refractivity contribution in [1.29, 1.82) is 0 Å². The number of hydrogen-bond acceptors (Lipinski definition) is 5. The molecule has 2 atom stereocenters. The molecule has 2 unspecified atom stereocenters. The van der Waals surface area contributed by atoms with Gasteiger partial charge in [-0.25, -0.2) is 0 Å². The minimum absolute atomic E-state index is 0.0589. The van der Waals surface area contributed by atoms with E-state index in [0.717, 1.165) is 27.9 Å². The Morgan fingerprint density at radius 1 is 0.879 bits per heavy atom. The van der Waals surface area contributed by atoms with Crippen LogP contribution in [0.4, 0.5) is 0 Å². The third-order valence-electron chi connectivity index (χ3n) is 5.28. The fourth-order valence-corrected chi connectivity index (χ4v) is 4.46. The molecule has 3 aromatic carbocycles. The average Bonchev–Trinajstić information content (AvgIpc) is 2.83. The first-order valence-corrected chi connectivity index (χ1v) is 12.2. The summed E-state index contributed by atoms with van der Waals surface area (Å²) < 4.78 is 18.2. The summed E-state index contributed by atoms with van der Waals surface area (Å²) in [4.78, 5) is 13.0. The van der Waals surface area contributed by atoms with Crippen LogP contribution >= 0.6 is 11.8 Å². The van der Waals surface area contributed by atoms with Gasteiger partial charge in [-0.15, -0.1) is 11.8 Å². The molecule has 6 heteroatoms. The number of carbonyl (C=O) groups is 1. The van der Waals surface area contributed by atoms with Crippen molar-refractivity contribution >= 4 is 30.3 Å². The van der Waals surface area contributed by atoms with Gasteiger partial charge in [0, 0.05) is 11.3 Å². The van der Waals surface area contributed by atoms with E-state index in [-0.39, 0.29) is 23.9 Å². The molecule has 3 aromatic rings. The molecular formula is C27H29BO4S. The van der Waals surface area contributed by atoms with Gasteiger partial charge in [0.2, 0.25) is 0 Å². The molecule has 4 nitrogen and oxygen atoms in total. The first-order chi connectivity index (χ1) is 15.9.